The zero-order chi connectivity index (χ0) is 17.0. The van der Waals surface area contributed by atoms with E-state index in [9.17, 15) is 18.4 Å². The van der Waals surface area contributed by atoms with Crippen LogP contribution in [0.25, 0.3) is 0 Å². The Hall–Kier alpha value is -2.40. The number of alkyl halides is 3. The maximum atomic E-state index is 13.2. The Morgan fingerprint density at radius 3 is 2.52 bits per heavy atom. The van der Waals surface area contributed by atoms with Crippen LogP contribution in [-0.4, -0.2) is 18.3 Å². The Labute approximate surface area is 135 Å². The van der Waals surface area contributed by atoms with Gasteiger partial charge in [-0.2, -0.15) is 18.4 Å². The first kappa shape index (κ1) is 17.0. The van der Waals surface area contributed by atoms with Gasteiger partial charge in [0.05, 0.1) is 11.3 Å². The number of hydrogen-bond donors (Lipinski definition) is 2. The van der Waals surface area contributed by atoms with Crippen molar-refractivity contribution in [2.24, 2.45) is 0 Å². The molecule has 0 saturated carbocycles. The number of anilines is 3. The average Bonchev–Trinajstić information content (AvgIpc) is 2.53. The maximum Gasteiger partial charge on any atom is 0.417 e. The molecule has 1 aromatic heterocycles. The first-order chi connectivity index (χ1) is 10.9. The van der Waals surface area contributed by atoms with E-state index in [4.69, 9.17) is 0 Å². The SMILES string of the molecule is CNc1cc(C(F)(F)F)c(C#N)c(Nc2ccccc2SC)n1. The number of hydrogen-bond acceptors (Lipinski definition) is 5. The molecule has 0 bridgehead atoms. The monoisotopic (exact) mass is 338 g/mol. The van der Waals surface area contributed by atoms with Gasteiger partial charge in [-0.3, -0.25) is 0 Å². The molecule has 0 radical (unpaired) electrons. The zero-order valence-corrected chi connectivity index (χ0v) is 13.1. The third-order valence-corrected chi connectivity index (χ3v) is 3.85. The third-order valence-electron chi connectivity index (χ3n) is 3.05. The largest absolute Gasteiger partial charge is 0.417 e. The summed E-state index contributed by atoms with van der Waals surface area (Å²) < 4.78 is 39.5. The lowest BCUT2D eigenvalue weighted by molar-refractivity contribution is -0.137. The third kappa shape index (κ3) is 3.68. The molecule has 2 aromatic rings. The number of nitriles is 1. The zero-order valence-electron chi connectivity index (χ0n) is 12.3. The second-order valence-electron chi connectivity index (χ2n) is 4.46. The van der Waals surface area contributed by atoms with Crippen molar-refractivity contribution >= 4 is 29.1 Å². The van der Waals surface area contributed by atoms with Gasteiger partial charge in [0.15, 0.2) is 5.82 Å². The summed E-state index contributed by atoms with van der Waals surface area (Å²) in [6.45, 7) is 0. The van der Waals surface area contributed by atoms with Gasteiger partial charge in [-0.15, -0.1) is 11.8 Å². The number of rotatable bonds is 4. The molecule has 0 fully saturated rings. The molecule has 1 aromatic carbocycles. The molecular formula is C15H13F3N4S. The highest BCUT2D eigenvalue weighted by Gasteiger charge is 2.36. The Balaban J connectivity index is 2.60. The van der Waals surface area contributed by atoms with Gasteiger partial charge in [-0.05, 0) is 24.5 Å². The summed E-state index contributed by atoms with van der Waals surface area (Å²) in [5, 5.41) is 14.6. The molecular weight excluding hydrogens is 325 g/mol. The van der Waals surface area contributed by atoms with E-state index in [2.05, 4.69) is 15.6 Å². The van der Waals surface area contributed by atoms with Crippen molar-refractivity contribution in [3.05, 3.63) is 41.5 Å². The molecule has 0 spiro atoms. The van der Waals surface area contributed by atoms with Crippen LogP contribution in [0.4, 0.5) is 30.5 Å². The highest BCUT2D eigenvalue weighted by Crippen LogP contribution is 2.37. The van der Waals surface area contributed by atoms with E-state index in [1.165, 1.54) is 18.8 Å². The van der Waals surface area contributed by atoms with Crippen molar-refractivity contribution in [3.63, 3.8) is 0 Å². The molecule has 1 heterocycles. The lowest BCUT2D eigenvalue weighted by Gasteiger charge is -2.16. The van der Waals surface area contributed by atoms with Crippen molar-refractivity contribution in [1.82, 2.24) is 4.98 Å². The van der Waals surface area contributed by atoms with E-state index < -0.39 is 17.3 Å². The fourth-order valence-corrected chi connectivity index (χ4v) is 2.53. The fourth-order valence-electron chi connectivity index (χ4n) is 1.98. The molecule has 0 unspecified atom stereocenters. The predicted octanol–water partition coefficient (Wildman–Crippen LogP) is 4.48. The van der Waals surface area contributed by atoms with Gasteiger partial charge in [-0.1, -0.05) is 12.1 Å². The minimum absolute atomic E-state index is 0.0282. The summed E-state index contributed by atoms with van der Waals surface area (Å²) >= 11 is 1.44. The smallest absolute Gasteiger partial charge is 0.373 e. The van der Waals surface area contributed by atoms with Crippen LogP contribution in [0.1, 0.15) is 11.1 Å². The number of pyridine rings is 1. The first-order valence-electron chi connectivity index (χ1n) is 6.50. The normalized spacial score (nSPS) is 11.0. The topological polar surface area (TPSA) is 60.7 Å². The summed E-state index contributed by atoms with van der Waals surface area (Å²) in [5.74, 6) is -0.103. The van der Waals surface area contributed by atoms with Gasteiger partial charge < -0.3 is 10.6 Å². The molecule has 120 valence electrons. The van der Waals surface area contributed by atoms with E-state index in [1.807, 2.05) is 18.4 Å². The van der Waals surface area contributed by atoms with Gasteiger partial charge in [0, 0.05) is 11.9 Å². The lowest BCUT2D eigenvalue weighted by Crippen LogP contribution is -2.12. The minimum atomic E-state index is -4.64. The van der Waals surface area contributed by atoms with Gasteiger partial charge in [-0.25, -0.2) is 4.98 Å². The van der Waals surface area contributed by atoms with Crippen LogP contribution in [0.5, 0.6) is 0 Å². The second kappa shape index (κ2) is 6.79. The summed E-state index contributed by atoms with van der Waals surface area (Å²) in [6, 6.07) is 9.54. The molecule has 2 N–H and O–H groups in total. The van der Waals surface area contributed by atoms with Crippen LogP contribution in [0.3, 0.4) is 0 Å². The van der Waals surface area contributed by atoms with Gasteiger partial charge in [0.1, 0.15) is 17.5 Å². The van der Waals surface area contributed by atoms with Crippen LogP contribution >= 0.6 is 11.8 Å². The predicted molar refractivity (Wildman–Crippen MR) is 85.0 cm³/mol. The molecule has 4 nitrogen and oxygen atoms in total. The van der Waals surface area contributed by atoms with Gasteiger partial charge in [0.2, 0.25) is 0 Å². The fraction of sp³-hybridized carbons (Fsp3) is 0.200. The molecule has 0 saturated heterocycles. The molecule has 0 aliphatic rings. The molecule has 23 heavy (non-hydrogen) atoms. The van der Waals surface area contributed by atoms with E-state index >= 15 is 0 Å². The van der Waals surface area contributed by atoms with Crippen molar-refractivity contribution in [2.75, 3.05) is 23.9 Å². The average molecular weight is 338 g/mol. The number of nitrogens with zero attached hydrogens (tertiary/aromatic N) is 2. The quantitative estimate of drug-likeness (QED) is 0.805. The van der Waals surface area contributed by atoms with E-state index in [1.54, 1.807) is 18.2 Å². The summed E-state index contributed by atoms with van der Waals surface area (Å²) in [4.78, 5) is 4.89. The Kier molecular flexibility index (Phi) is 5.01. The number of thioether (sulfide) groups is 1. The van der Waals surface area contributed by atoms with E-state index in [-0.39, 0.29) is 11.6 Å². The molecule has 0 aliphatic carbocycles. The van der Waals surface area contributed by atoms with Crippen LogP contribution in [0.15, 0.2) is 35.2 Å². The van der Waals surface area contributed by atoms with Crippen molar-refractivity contribution in [1.29, 1.82) is 5.26 Å². The van der Waals surface area contributed by atoms with E-state index in [0.717, 1.165) is 11.0 Å². The van der Waals surface area contributed by atoms with Gasteiger partial charge in [0.25, 0.3) is 0 Å². The Bertz CT molecular complexity index is 753. The molecule has 0 amide bonds. The Morgan fingerprint density at radius 1 is 1.26 bits per heavy atom. The van der Waals surface area contributed by atoms with Crippen LogP contribution in [0.2, 0.25) is 0 Å². The summed E-state index contributed by atoms with van der Waals surface area (Å²) in [7, 11) is 1.47. The second-order valence-corrected chi connectivity index (χ2v) is 5.31. The molecule has 2 rings (SSSR count). The van der Waals surface area contributed by atoms with Crippen LogP contribution in [0, 0.1) is 11.3 Å². The first-order valence-corrected chi connectivity index (χ1v) is 7.73. The standard InChI is InChI=1S/C15H13F3N4S/c1-20-13-7-10(15(16,17)18)9(8-19)14(22-13)21-11-5-3-4-6-12(11)23-2/h3-7H,1-2H3,(H2,20,21,22). The molecule has 0 atom stereocenters. The number of benzene rings is 1. The highest BCUT2D eigenvalue weighted by atomic mass is 32.2. The lowest BCUT2D eigenvalue weighted by atomic mass is 10.1. The molecule has 0 aliphatic heterocycles. The summed E-state index contributed by atoms with van der Waals surface area (Å²) in [5.41, 5.74) is -0.971. The number of halogens is 3. The molecule has 8 heteroatoms. The minimum Gasteiger partial charge on any atom is -0.373 e. The van der Waals surface area contributed by atoms with Crippen LogP contribution in [-0.2, 0) is 6.18 Å². The number of para-hydroxylation sites is 1. The van der Waals surface area contributed by atoms with Gasteiger partial charge >= 0.3 is 6.18 Å². The summed E-state index contributed by atoms with van der Waals surface area (Å²) in [6.07, 6.45) is -2.79. The van der Waals surface area contributed by atoms with Crippen molar-refractivity contribution < 1.29 is 13.2 Å². The maximum absolute atomic E-state index is 13.2. The highest BCUT2D eigenvalue weighted by molar-refractivity contribution is 7.98. The van der Waals surface area contributed by atoms with Crippen LogP contribution < -0.4 is 10.6 Å². The van der Waals surface area contributed by atoms with Crippen molar-refractivity contribution in [3.8, 4) is 6.07 Å². The number of aromatic nitrogens is 1. The number of nitrogens with one attached hydrogen (secondary N) is 2. The van der Waals surface area contributed by atoms with E-state index in [0.29, 0.717) is 5.69 Å². The Morgan fingerprint density at radius 2 is 1.96 bits per heavy atom. The van der Waals surface area contributed by atoms with Crippen molar-refractivity contribution in [2.45, 2.75) is 11.1 Å².